The number of aryl methyl sites for hydroxylation is 3. The molecule has 2 nitrogen and oxygen atoms in total. The molecular weight excluding hydrogens is 266 g/mol. The molecule has 1 aliphatic rings. The number of fused-ring (bicyclic) bond motifs is 1. The predicted molar refractivity (Wildman–Crippen MR) is 84.2 cm³/mol. The van der Waals surface area contributed by atoms with E-state index in [0.717, 1.165) is 22.6 Å². The molecule has 2 aromatic rings. The van der Waals surface area contributed by atoms with Crippen molar-refractivity contribution in [3.05, 3.63) is 58.7 Å². The van der Waals surface area contributed by atoms with E-state index in [1.807, 2.05) is 25.1 Å². The lowest BCUT2D eigenvalue weighted by molar-refractivity contribution is 0.682. The van der Waals surface area contributed by atoms with Crippen molar-refractivity contribution in [2.45, 2.75) is 36.8 Å². The summed E-state index contributed by atoms with van der Waals surface area (Å²) in [6.45, 7) is 1.96. The molecule has 0 bridgehead atoms. The Bertz CT molecular complexity index is 679. The summed E-state index contributed by atoms with van der Waals surface area (Å²) in [4.78, 5) is 0.889. The molecule has 1 unspecified atom stereocenters. The van der Waals surface area contributed by atoms with Crippen LogP contribution in [-0.4, -0.2) is 4.21 Å². The summed E-state index contributed by atoms with van der Waals surface area (Å²) in [5.41, 5.74) is 11.5. The van der Waals surface area contributed by atoms with Crippen LogP contribution in [0.15, 0.2) is 41.3 Å². The van der Waals surface area contributed by atoms with Gasteiger partial charge in [-0.1, -0.05) is 18.2 Å². The minimum Gasteiger partial charge on any atom is -0.399 e. The van der Waals surface area contributed by atoms with E-state index in [-0.39, 0.29) is 0 Å². The summed E-state index contributed by atoms with van der Waals surface area (Å²) in [5.74, 6) is 0.581. The van der Waals surface area contributed by atoms with Gasteiger partial charge in [0.15, 0.2) is 0 Å². The van der Waals surface area contributed by atoms with Crippen molar-refractivity contribution in [3.8, 4) is 0 Å². The van der Waals surface area contributed by atoms with Crippen LogP contribution in [0.1, 0.15) is 28.7 Å². The van der Waals surface area contributed by atoms with Crippen molar-refractivity contribution in [3.63, 3.8) is 0 Å². The van der Waals surface area contributed by atoms with Gasteiger partial charge >= 0.3 is 0 Å². The second-order valence-electron chi connectivity index (χ2n) is 5.47. The van der Waals surface area contributed by atoms with Crippen LogP contribution in [0.3, 0.4) is 0 Å². The van der Waals surface area contributed by atoms with Gasteiger partial charge in [-0.2, -0.15) is 0 Å². The van der Waals surface area contributed by atoms with Gasteiger partial charge in [-0.15, -0.1) is 0 Å². The topological polar surface area (TPSA) is 43.1 Å². The highest BCUT2D eigenvalue weighted by atomic mass is 32.2. The SMILES string of the molecule is Cc1cc(N)ccc1S(=O)Cc1ccc2c(c1)CCC2. The monoisotopic (exact) mass is 285 g/mol. The molecule has 0 fully saturated rings. The molecule has 3 heteroatoms. The Balaban J connectivity index is 1.82. The van der Waals surface area contributed by atoms with Crippen molar-refractivity contribution in [2.75, 3.05) is 5.73 Å². The van der Waals surface area contributed by atoms with Gasteiger partial charge in [0.1, 0.15) is 0 Å². The molecule has 20 heavy (non-hydrogen) atoms. The number of hydrogen-bond acceptors (Lipinski definition) is 2. The van der Waals surface area contributed by atoms with Crippen molar-refractivity contribution >= 4 is 16.5 Å². The molecule has 1 atom stereocenters. The standard InChI is InChI=1S/C17H19NOS/c1-12-9-16(18)7-8-17(12)20(19)11-13-5-6-14-3-2-4-15(14)10-13/h5-10H,2-4,11,18H2,1H3. The largest absolute Gasteiger partial charge is 0.399 e. The van der Waals surface area contributed by atoms with Crippen molar-refractivity contribution < 1.29 is 4.21 Å². The normalized spacial score (nSPS) is 15.1. The fraction of sp³-hybridized carbons (Fsp3) is 0.294. The number of rotatable bonds is 3. The van der Waals surface area contributed by atoms with Crippen LogP contribution in [0.4, 0.5) is 5.69 Å². The van der Waals surface area contributed by atoms with E-state index in [1.54, 1.807) is 0 Å². The van der Waals surface area contributed by atoms with Gasteiger partial charge in [-0.25, -0.2) is 0 Å². The van der Waals surface area contributed by atoms with Crippen LogP contribution in [0.25, 0.3) is 0 Å². The first-order valence-electron chi connectivity index (χ1n) is 6.98. The Kier molecular flexibility index (Phi) is 3.62. The average Bonchev–Trinajstić information content (AvgIpc) is 2.85. The number of nitrogens with two attached hydrogens (primary N) is 1. The molecule has 0 spiro atoms. The Labute approximate surface area is 122 Å². The molecule has 104 valence electrons. The zero-order valence-corrected chi connectivity index (χ0v) is 12.5. The number of anilines is 1. The quantitative estimate of drug-likeness (QED) is 0.879. The zero-order valence-electron chi connectivity index (χ0n) is 11.7. The minimum absolute atomic E-state index is 0.581. The third kappa shape index (κ3) is 2.63. The van der Waals surface area contributed by atoms with Crippen molar-refractivity contribution in [2.24, 2.45) is 0 Å². The maximum absolute atomic E-state index is 12.5. The van der Waals surface area contributed by atoms with Crippen LogP contribution < -0.4 is 5.73 Å². The second-order valence-corrected chi connectivity index (χ2v) is 6.89. The molecule has 2 N–H and O–H groups in total. The molecular formula is C17H19NOS. The van der Waals surface area contributed by atoms with E-state index in [4.69, 9.17) is 5.73 Å². The molecule has 0 radical (unpaired) electrons. The van der Waals surface area contributed by atoms with Crippen LogP contribution in [0.2, 0.25) is 0 Å². The molecule has 0 amide bonds. The minimum atomic E-state index is -1.01. The average molecular weight is 285 g/mol. The highest BCUT2D eigenvalue weighted by Gasteiger charge is 2.13. The van der Waals surface area contributed by atoms with Crippen LogP contribution in [0.5, 0.6) is 0 Å². The first kappa shape index (κ1) is 13.4. The van der Waals surface area contributed by atoms with E-state index >= 15 is 0 Å². The molecule has 3 rings (SSSR count). The van der Waals surface area contributed by atoms with E-state index in [1.165, 1.54) is 29.5 Å². The van der Waals surface area contributed by atoms with Crippen LogP contribution in [-0.2, 0) is 29.4 Å². The van der Waals surface area contributed by atoms with Gasteiger partial charge in [0, 0.05) is 10.6 Å². The van der Waals surface area contributed by atoms with Gasteiger partial charge < -0.3 is 5.73 Å². The first-order chi connectivity index (χ1) is 9.63. The van der Waals surface area contributed by atoms with Crippen molar-refractivity contribution in [1.82, 2.24) is 0 Å². The van der Waals surface area contributed by atoms with E-state index in [0.29, 0.717) is 5.75 Å². The lowest BCUT2D eigenvalue weighted by Gasteiger charge is -2.08. The summed E-state index contributed by atoms with van der Waals surface area (Å²) < 4.78 is 12.5. The van der Waals surface area contributed by atoms with Crippen LogP contribution in [0, 0.1) is 6.92 Å². The number of nitrogen functional groups attached to an aromatic ring is 1. The number of hydrogen-bond donors (Lipinski definition) is 1. The third-order valence-corrected chi connectivity index (χ3v) is 5.45. The molecule has 0 heterocycles. The van der Waals surface area contributed by atoms with Gasteiger partial charge in [0.25, 0.3) is 0 Å². The predicted octanol–water partition coefficient (Wildman–Crippen LogP) is 3.37. The summed E-state index contributed by atoms with van der Waals surface area (Å²) in [6, 6.07) is 12.1. The fourth-order valence-corrected chi connectivity index (χ4v) is 4.15. The molecule has 0 saturated carbocycles. The summed E-state index contributed by atoms with van der Waals surface area (Å²) >= 11 is 0. The first-order valence-corrected chi connectivity index (χ1v) is 8.30. The van der Waals surface area contributed by atoms with Gasteiger partial charge in [0.05, 0.1) is 16.6 Å². The molecule has 2 aromatic carbocycles. The lowest BCUT2D eigenvalue weighted by Crippen LogP contribution is -2.00. The van der Waals surface area contributed by atoms with Gasteiger partial charge in [-0.05, 0) is 66.6 Å². The van der Waals surface area contributed by atoms with Crippen molar-refractivity contribution in [1.29, 1.82) is 0 Å². The Hall–Kier alpha value is -1.61. The Morgan fingerprint density at radius 1 is 1.10 bits per heavy atom. The smallest absolute Gasteiger partial charge is 0.0576 e. The van der Waals surface area contributed by atoms with E-state index in [2.05, 4.69) is 18.2 Å². The molecule has 0 aliphatic heterocycles. The summed E-state index contributed by atoms with van der Waals surface area (Å²) in [6.07, 6.45) is 3.60. The highest BCUT2D eigenvalue weighted by molar-refractivity contribution is 7.84. The summed E-state index contributed by atoms with van der Waals surface area (Å²) in [7, 11) is -1.01. The Morgan fingerprint density at radius 2 is 1.90 bits per heavy atom. The van der Waals surface area contributed by atoms with Gasteiger partial charge in [-0.3, -0.25) is 4.21 Å². The van der Waals surface area contributed by atoms with E-state index < -0.39 is 10.8 Å². The Morgan fingerprint density at radius 3 is 2.70 bits per heavy atom. The highest BCUT2D eigenvalue weighted by Crippen LogP contribution is 2.25. The van der Waals surface area contributed by atoms with Gasteiger partial charge in [0.2, 0.25) is 0 Å². The third-order valence-electron chi connectivity index (χ3n) is 3.90. The van der Waals surface area contributed by atoms with E-state index in [9.17, 15) is 4.21 Å². The molecule has 0 saturated heterocycles. The maximum Gasteiger partial charge on any atom is 0.0576 e. The lowest BCUT2D eigenvalue weighted by atomic mass is 10.1. The zero-order chi connectivity index (χ0) is 14.1. The molecule has 1 aliphatic carbocycles. The fourth-order valence-electron chi connectivity index (χ4n) is 2.87. The number of benzene rings is 2. The maximum atomic E-state index is 12.5. The summed E-state index contributed by atoms with van der Waals surface area (Å²) in [5, 5.41) is 0. The van der Waals surface area contributed by atoms with Crippen LogP contribution >= 0.6 is 0 Å². The second kappa shape index (κ2) is 5.41. The molecule has 0 aromatic heterocycles.